The van der Waals surface area contributed by atoms with Gasteiger partial charge in [0.2, 0.25) is 6.41 Å². The van der Waals surface area contributed by atoms with Crippen LogP contribution in [0.25, 0.3) is 0 Å². The van der Waals surface area contributed by atoms with Gasteiger partial charge in [0.1, 0.15) is 12.1 Å². The summed E-state index contributed by atoms with van der Waals surface area (Å²) in [6, 6.07) is 16.8. The van der Waals surface area contributed by atoms with Gasteiger partial charge in [-0.3, -0.25) is 9.59 Å². The molecule has 2 rings (SSSR count). The van der Waals surface area contributed by atoms with E-state index in [4.69, 9.17) is 15.9 Å². The van der Waals surface area contributed by atoms with Crippen LogP contribution in [0, 0.1) is 0 Å². The number of hydrogen-bond donors (Lipinski definition) is 5. The van der Waals surface area contributed by atoms with Gasteiger partial charge in [0.25, 0.3) is 0 Å². The lowest BCUT2D eigenvalue weighted by Gasteiger charge is -2.10. The topological polar surface area (TPSA) is 130 Å². The lowest BCUT2D eigenvalue weighted by molar-refractivity contribution is -0.140. The van der Waals surface area contributed by atoms with Crippen molar-refractivity contribution in [2.45, 2.75) is 66.5 Å². The molecule has 34 heavy (non-hydrogen) atoms. The molecule has 0 aliphatic heterocycles. The van der Waals surface area contributed by atoms with E-state index in [0.29, 0.717) is 19.3 Å². The lowest BCUT2D eigenvalue weighted by atomic mass is 10.1. The molecule has 0 saturated heterocycles. The third-order valence-corrected chi connectivity index (χ3v) is 3.47. The van der Waals surface area contributed by atoms with Gasteiger partial charge in [0.05, 0.1) is 0 Å². The molecule has 0 bridgehead atoms. The van der Waals surface area contributed by atoms with Crippen LogP contribution in [0.2, 0.25) is 0 Å². The zero-order valence-corrected chi connectivity index (χ0v) is 22.5. The van der Waals surface area contributed by atoms with Gasteiger partial charge in [0, 0.05) is 6.42 Å². The number of aliphatic carboxylic acids is 2. The van der Waals surface area contributed by atoms with Crippen LogP contribution in [0.15, 0.2) is 60.7 Å². The molecule has 0 radical (unpaired) electrons. The second kappa shape index (κ2) is 30.2. The summed E-state index contributed by atoms with van der Waals surface area (Å²) in [4.78, 5) is 31.2. The maximum atomic E-state index is 10.7. The molecule has 2 atom stereocenters. The third kappa shape index (κ3) is 22.4. The molecule has 5 N–H and O–H groups in total. The standard InChI is InChI=1S/C10H11NO3.C9H11NO2.3C2H6.CH4S/c12-7-11-9(10(13)14)6-8-4-2-1-3-5-8;10-8(9(11)12)6-7-4-2-1-3-5-7;4*1-2/h1-5,7,9H,6H2,(H,11,12)(H,13,14);1-5,8H,6,10H2,(H,11,12);3*1-2H3;2H,1H3. The molecule has 0 fully saturated rings. The molecule has 194 valence electrons. The highest BCUT2D eigenvalue weighted by Crippen LogP contribution is 2.03. The van der Waals surface area contributed by atoms with Crippen molar-refractivity contribution in [3.05, 3.63) is 71.8 Å². The summed E-state index contributed by atoms with van der Waals surface area (Å²) >= 11 is 3.53. The number of carboxylic acid groups (broad SMARTS) is 2. The molecule has 0 aliphatic rings. The average molecular weight is 497 g/mol. The minimum atomic E-state index is -1.03. The summed E-state index contributed by atoms with van der Waals surface area (Å²) in [5, 5.41) is 19.5. The van der Waals surface area contributed by atoms with Crippen molar-refractivity contribution < 1.29 is 24.6 Å². The molecule has 0 aromatic heterocycles. The molecule has 8 heteroatoms. The summed E-state index contributed by atoms with van der Waals surface area (Å²) in [5.74, 6) is -1.99. The van der Waals surface area contributed by atoms with E-state index in [9.17, 15) is 14.4 Å². The van der Waals surface area contributed by atoms with Gasteiger partial charge < -0.3 is 21.3 Å². The molecule has 1 amide bonds. The quantitative estimate of drug-likeness (QED) is 0.266. The largest absolute Gasteiger partial charge is 0.480 e. The summed E-state index contributed by atoms with van der Waals surface area (Å²) in [7, 11) is 0. The Balaban J connectivity index is -0.000000206. The zero-order chi connectivity index (χ0) is 27.4. The first-order valence-corrected chi connectivity index (χ1v) is 12.3. The van der Waals surface area contributed by atoms with Crippen LogP contribution in [0.4, 0.5) is 0 Å². The Kier molecular flexibility index (Phi) is 34.1. The SMILES string of the molecule is CC.CC.CC.CS.NC(Cc1ccccc1)C(=O)O.O=CNC(Cc1ccccc1)C(=O)O. The molecule has 2 aromatic carbocycles. The van der Waals surface area contributed by atoms with Crippen LogP contribution >= 0.6 is 12.6 Å². The number of benzene rings is 2. The van der Waals surface area contributed by atoms with Gasteiger partial charge in [-0.05, 0) is 23.8 Å². The van der Waals surface area contributed by atoms with Crippen LogP contribution in [0.1, 0.15) is 52.7 Å². The van der Waals surface area contributed by atoms with Crippen molar-refractivity contribution in [3.63, 3.8) is 0 Å². The summed E-state index contributed by atoms with van der Waals surface area (Å²) in [5.41, 5.74) is 7.18. The van der Waals surface area contributed by atoms with E-state index in [-0.39, 0.29) is 0 Å². The van der Waals surface area contributed by atoms with Crippen molar-refractivity contribution >= 4 is 31.0 Å². The molecule has 0 spiro atoms. The number of amides is 1. The molecule has 0 aliphatic carbocycles. The number of nitrogens with one attached hydrogen (secondary N) is 1. The van der Waals surface area contributed by atoms with Crippen molar-refractivity contribution in [1.82, 2.24) is 5.32 Å². The number of carbonyl (C=O) groups is 3. The fourth-order valence-corrected chi connectivity index (χ4v) is 2.10. The highest BCUT2D eigenvalue weighted by atomic mass is 32.1. The fraction of sp³-hybridized carbons (Fsp3) is 0.423. The fourth-order valence-electron chi connectivity index (χ4n) is 2.10. The van der Waals surface area contributed by atoms with E-state index in [1.54, 1.807) is 6.26 Å². The molecular formula is C26H44N2O5S. The zero-order valence-electron chi connectivity index (χ0n) is 21.6. The van der Waals surface area contributed by atoms with Gasteiger partial charge in [0.15, 0.2) is 0 Å². The van der Waals surface area contributed by atoms with Gasteiger partial charge in [-0.15, -0.1) is 0 Å². The Bertz CT molecular complexity index is 701. The summed E-state index contributed by atoms with van der Waals surface area (Å²) in [6.07, 6.45) is 2.78. The molecule has 0 saturated carbocycles. The van der Waals surface area contributed by atoms with Crippen LogP contribution in [0.3, 0.4) is 0 Å². The molecule has 2 aromatic rings. The number of carbonyl (C=O) groups excluding carboxylic acids is 1. The van der Waals surface area contributed by atoms with Crippen LogP contribution in [-0.2, 0) is 27.2 Å². The molecule has 0 heterocycles. The predicted molar refractivity (Wildman–Crippen MR) is 145 cm³/mol. The van der Waals surface area contributed by atoms with Crippen molar-refractivity contribution in [2.24, 2.45) is 5.73 Å². The number of hydrogen-bond acceptors (Lipinski definition) is 5. The first-order chi connectivity index (χ1) is 16.4. The Hall–Kier alpha value is -2.84. The minimum Gasteiger partial charge on any atom is -0.480 e. The Morgan fingerprint density at radius 1 is 0.794 bits per heavy atom. The monoisotopic (exact) mass is 496 g/mol. The van der Waals surface area contributed by atoms with E-state index in [0.717, 1.165) is 11.1 Å². The van der Waals surface area contributed by atoms with Gasteiger partial charge in [-0.25, -0.2) is 4.79 Å². The average Bonchev–Trinajstić information content (AvgIpc) is 2.90. The smallest absolute Gasteiger partial charge is 0.326 e. The van der Waals surface area contributed by atoms with Crippen molar-refractivity contribution in [2.75, 3.05) is 6.26 Å². The maximum Gasteiger partial charge on any atom is 0.326 e. The second-order valence-electron chi connectivity index (χ2n) is 5.50. The summed E-state index contributed by atoms with van der Waals surface area (Å²) < 4.78 is 0. The van der Waals surface area contributed by atoms with Crippen LogP contribution in [-0.4, -0.2) is 46.9 Å². The maximum absolute atomic E-state index is 10.7. The van der Waals surface area contributed by atoms with Crippen molar-refractivity contribution in [3.8, 4) is 0 Å². The van der Waals surface area contributed by atoms with Crippen LogP contribution in [0.5, 0.6) is 0 Å². The number of nitrogens with two attached hydrogens (primary N) is 1. The van der Waals surface area contributed by atoms with Gasteiger partial charge in [-0.1, -0.05) is 102 Å². The summed E-state index contributed by atoms with van der Waals surface area (Å²) in [6.45, 7) is 12.0. The van der Waals surface area contributed by atoms with E-state index < -0.39 is 24.0 Å². The molecule has 2 unspecified atom stereocenters. The third-order valence-electron chi connectivity index (χ3n) is 3.47. The van der Waals surface area contributed by atoms with Gasteiger partial charge >= 0.3 is 11.9 Å². The van der Waals surface area contributed by atoms with E-state index in [1.807, 2.05) is 102 Å². The number of rotatable bonds is 8. The molecule has 7 nitrogen and oxygen atoms in total. The first kappa shape index (κ1) is 38.4. The Labute approximate surface area is 211 Å². The first-order valence-electron chi connectivity index (χ1n) is 11.4. The van der Waals surface area contributed by atoms with Crippen LogP contribution < -0.4 is 11.1 Å². The molecular weight excluding hydrogens is 452 g/mol. The number of thiol groups is 1. The highest BCUT2D eigenvalue weighted by molar-refractivity contribution is 7.79. The van der Waals surface area contributed by atoms with Gasteiger partial charge in [-0.2, -0.15) is 12.6 Å². The normalized spacial score (nSPS) is 9.91. The highest BCUT2D eigenvalue weighted by Gasteiger charge is 2.16. The second-order valence-corrected chi connectivity index (χ2v) is 5.50. The minimum absolute atomic E-state index is 0.301. The van der Waals surface area contributed by atoms with E-state index >= 15 is 0 Å². The van der Waals surface area contributed by atoms with Crippen molar-refractivity contribution in [1.29, 1.82) is 0 Å². The number of carboxylic acids is 2. The Morgan fingerprint density at radius 3 is 1.44 bits per heavy atom. The van der Waals surface area contributed by atoms with E-state index in [2.05, 4.69) is 17.9 Å². The lowest BCUT2D eigenvalue weighted by Crippen LogP contribution is -2.37. The predicted octanol–water partition coefficient (Wildman–Crippen LogP) is 4.69. The Morgan fingerprint density at radius 2 is 1.15 bits per heavy atom. The van der Waals surface area contributed by atoms with E-state index in [1.165, 1.54) is 0 Å².